The second-order valence-corrected chi connectivity index (χ2v) is 5.21. The van der Waals surface area contributed by atoms with E-state index in [1.165, 1.54) is 44.2 Å². The maximum absolute atomic E-state index is 13.0. The smallest absolute Gasteiger partial charge is 0.123 e. The lowest BCUT2D eigenvalue weighted by molar-refractivity contribution is 0.173. The van der Waals surface area contributed by atoms with Crippen LogP contribution in [0.15, 0.2) is 24.3 Å². The molecule has 0 heterocycles. The van der Waals surface area contributed by atoms with Gasteiger partial charge in [0.1, 0.15) is 5.82 Å². The van der Waals surface area contributed by atoms with Gasteiger partial charge in [-0.15, -0.1) is 0 Å². The quantitative estimate of drug-likeness (QED) is 0.762. The SMILES string of the molecule is OC(CNCCC1CCCC1)c1cccc(F)c1. The van der Waals surface area contributed by atoms with Crippen LogP contribution in [0.25, 0.3) is 0 Å². The van der Waals surface area contributed by atoms with Crippen molar-refractivity contribution in [2.24, 2.45) is 5.92 Å². The van der Waals surface area contributed by atoms with Gasteiger partial charge in [-0.3, -0.25) is 0 Å². The Labute approximate surface area is 108 Å². The van der Waals surface area contributed by atoms with E-state index < -0.39 is 6.10 Å². The van der Waals surface area contributed by atoms with E-state index in [1.807, 2.05) is 0 Å². The molecule has 18 heavy (non-hydrogen) atoms. The Kier molecular flexibility index (Phi) is 5.14. The van der Waals surface area contributed by atoms with Crippen LogP contribution in [-0.4, -0.2) is 18.2 Å². The first-order chi connectivity index (χ1) is 8.75. The average molecular weight is 251 g/mol. The van der Waals surface area contributed by atoms with Crippen LogP contribution in [0.3, 0.4) is 0 Å². The van der Waals surface area contributed by atoms with Gasteiger partial charge in [-0.05, 0) is 36.6 Å². The van der Waals surface area contributed by atoms with E-state index in [4.69, 9.17) is 0 Å². The van der Waals surface area contributed by atoms with Gasteiger partial charge >= 0.3 is 0 Å². The number of hydrogen-bond donors (Lipinski definition) is 2. The van der Waals surface area contributed by atoms with Crippen LogP contribution < -0.4 is 5.32 Å². The van der Waals surface area contributed by atoms with E-state index in [1.54, 1.807) is 12.1 Å². The summed E-state index contributed by atoms with van der Waals surface area (Å²) in [6.45, 7) is 1.44. The second-order valence-electron chi connectivity index (χ2n) is 5.21. The summed E-state index contributed by atoms with van der Waals surface area (Å²) < 4.78 is 13.0. The van der Waals surface area contributed by atoms with E-state index in [0.29, 0.717) is 12.1 Å². The van der Waals surface area contributed by atoms with Crippen LogP contribution in [-0.2, 0) is 0 Å². The summed E-state index contributed by atoms with van der Waals surface area (Å²) in [5, 5.41) is 13.2. The van der Waals surface area contributed by atoms with Crippen molar-refractivity contribution >= 4 is 0 Å². The van der Waals surface area contributed by atoms with E-state index >= 15 is 0 Å². The van der Waals surface area contributed by atoms with Gasteiger partial charge in [-0.1, -0.05) is 37.8 Å². The normalized spacial score (nSPS) is 18.1. The molecule has 1 saturated carbocycles. The third-order valence-electron chi connectivity index (χ3n) is 3.78. The zero-order chi connectivity index (χ0) is 12.8. The van der Waals surface area contributed by atoms with Crippen LogP contribution in [0.1, 0.15) is 43.8 Å². The molecule has 1 aromatic rings. The number of nitrogens with one attached hydrogen (secondary N) is 1. The molecule has 1 aliphatic rings. The Hall–Kier alpha value is -0.930. The number of benzene rings is 1. The van der Waals surface area contributed by atoms with Gasteiger partial charge in [0, 0.05) is 6.54 Å². The molecule has 0 aliphatic heterocycles. The predicted molar refractivity (Wildman–Crippen MR) is 70.8 cm³/mol. The van der Waals surface area contributed by atoms with Gasteiger partial charge < -0.3 is 10.4 Å². The van der Waals surface area contributed by atoms with Gasteiger partial charge in [0.2, 0.25) is 0 Å². The van der Waals surface area contributed by atoms with Crippen LogP contribution in [0.2, 0.25) is 0 Å². The number of hydrogen-bond acceptors (Lipinski definition) is 2. The lowest BCUT2D eigenvalue weighted by atomic mass is 10.0. The molecule has 0 bridgehead atoms. The van der Waals surface area contributed by atoms with Crippen molar-refractivity contribution in [2.75, 3.05) is 13.1 Å². The maximum atomic E-state index is 13.0. The summed E-state index contributed by atoms with van der Waals surface area (Å²) in [4.78, 5) is 0. The minimum atomic E-state index is -0.621. The molecule has 0 saturated heterocycles. The fourth-order valence-corrected chi connectivity index (χ4v) is 2.68. The van der Waals surface area contributed by atoms with Crippen LogP contribution in [0.4, 0.5) is 4.39 Å². The van der Waals surface area contributed by atoms with Crippen molar-refractivity contribution in [1.29, 1.82) is 0 Å². The van der Waals surface area contributed by atoms with Gasteiger partial charge in [-0.2, -0.15) is 0 Å². The highest BCUT2D eigenvalue weighted by molar-refractivity contribution is 5.18. The van der Waals surface area contributed by atoms with Crippen molar-refractivity contribution in [3.63, 3.8) is 0 Å². The monoisotopic (exact) mass is 251 g/mol. The first-order valence-corrected chi connectivity index (χ1v) is 6.90. The molecule has 2 nitrogen and oxygen atoms in total. The first-order valence-electron chi connectivity index (χ1n) is 6.90. The van der Waals surface area contributed by atoms with E-state index in [0.717, 1.165) is 12.5 Å². The molecular formula is C15H22FNO. The number of aliphatic hydroxyl groups excluding tert-OH is 1. The van der Waals surface area contributed by atoms with Gasteiger partial charge in [0.05, 0.1) is 6.10 Å². The highest BCUT2D eigenvalue weighted by Crippen LogP contribution is 2.26. The lowest BCUT2D eigenvalue weighted by Gasteiger charge is -2.14. The largest absolute Gasteiger partial charge is 0.387 e. The van der Waals surface area contributed by atoms with Crippen molar-refractivity contribution in [3.8, 4) is 0 Å². The summed E-state index contributed by atoms with van der Waals surface area (Å²) in [6, 6.07) is 6.17. The molecule has 0 spiro atoms. The van der Waals surface area contributed by atoms with Gasteiger partial charge in [-0.25, -0.2) is 4.39 Å². The minimum absolute atomic E-state index is 0.294. The average Bonchev–Trinajstić information content (AvgIpc) is 2.87. The lowest BCUT2D eigenvalue weighted by Crippen LogP contribution is -2.23. The zero-order valence-electron chi connectivity index (χ0n) is 10.7. The fraction of sp³-hybridized carbons (Fsp3) is 0.600. The third-order valence-corrected chi connectivity index (χ3v) is 3.78. The second kappa shape index (κ2) is 6.86. The summed E-state index contributed by atoms with van der Waals surface area (Å²) >= 11 is 0. The Balaban J connectivity index is 1.66. The molecule has 100 valence electrons. The zero-order valence-corrected chi connectivity index (χ0v) is 10.7. The van der Waals surface area contributed by atoms with Crippen molar-refractivity contribution < 1.29 is 9.50 Å². The van der Waals surface area contributed by atoms with Crippen molar-refractivity contribution in [1.82, 2.24) is 5.32 Å². The molecule has 0 radical (unpaired) electrons. The summed E-state index contributed by atoms with van der Waals surface area (Å²) in [6.07, 6.45) is 6.02. The number of rotatable bonds is 6. The van der Waals surface area contributed by atoms with Gasteiger partial charge in [0.15, 0.2) is 0 Å². The number of aliphatic hydroxyl groups is 1. The molecule has 0 amide bonds. The molecule has 2 rings (SSSR count). The first kappa shape index (κ1) is 13.5. The molecule has 1 unspecified atom stereocenters. The van der Waals surface area contributed by atoms with Crippen molar-refractivity contribution in [2.45, 2.75) is 38.2 Å². The molecule has 1 aromatic carbocycles. The molecule has 2 N–H and O–H groups in total. The van der Waals surface area contributed by atoms with E-state index in [2.05, 4.69) is 5.32 Å². The maximum Gasteiger partial charge on any atom is 0.123 e. The van der Waals surface area contributed by atoms with Crippen LogP contribution in [0, 0.1) is 11.7 Å². The molecular weight excluding hydrogens is 229 g/mol. The van der Waals surface area contributed by atoms with E-state index in [9.17, 15) is 9.50 Å². The minimum Gasteiger partial charge on any atom is -0.387 e. The third kappa shape index (κ3) is 4.07. The Morgan fingerprint density at radius 3 is 2.83 bits per heavy atom. The van der Waals surface area contributed by atoms with Crippen molar-refractivity contribution in [3.05, 3.63) is 35.6 Å². The van der Waals surface area contributed by atoms with E-state index in [-0.39, 0.29) is 5.82 Å². The Morgan fingerprint density at radius 1 is 1.33 bits per heavy atom. The molecule has 1 aliphatic carbocycles. The highest BCUT2D eigenvalue weighted by atomic mass is 19.1. The molecule has 1 fully saturated rings. The summed E-state index contributed by atoms with van der Waals surface area (Å²) in [5.41, 5.74) is 0.642. The highest BCUT2D eigenvalue weighted by Gasteiger charge is 2.14. The summed E-state index contributed by atoms with van der Waals surface area (Å²) in [5.74, 6) is 0.571. The molecule has 3 heteroatoms. The molecule has 1 atom stereocenters. The Morgan fingerprint density at radius 2 is 2.11 bits per heavy atom. The predicted octanol–water partition coefficient (Wildman–Crippen LogP) is 3.03. The molecule has 0 aromatic heterocycles. The van der Waals surface area contributed by atoms with Gasteiger partial charge in [0.25, 0.3) is 0 Å². The van der Waals surface area contributed by atoms with Crippen LogP contribution in [0.5, 0.6) is 0 Å². The Bertz CT molecular complexity index is 363. The summed E-state index contributed by atoms with van der Waals surface area (Å²) in [7, 11) is 0. The topological polar surface area (TPSA) is 32.3 Å². The number of halogens is 1. The fourth-order valence-electron chi connectivity index (χ4n) is 2.68. The standard InChI is InChI=1S/C15H22FNO/c16-14-7-3-6-13(10-14)15(18)11-17-9-8-12-4-1-2-5-12/h3,6-7,10,12,15,17-18H,1-2,4-5,8-9,11H2. The van der Waals surface area contributed by atoms with Crippen LogP contribution >= 0.6 is 0 Å².